The maximum atomic E-state index is 12.3. The van der Waals surface area contributed by atoms with Crippen LogP contribution in [0.2, 0.25) is 0 Å². The van der Waals surface area contributed by atoms with Gasteiger partial charge in [0.2, 0.25) is 5.95 Å². The number of fused-ring (bicyclic) bond motifs is 1. The van der Waals surface area contributed by atoms with Gasteiger partial charge in [-0.3, -0.25) is 0 Å². The summed E-state index contributed by atoms with van der Waals surface area (Å²) < 4.78 is 17.4. The first kappa shape index (κ1) is 21.8. The summed E-state index contributed by atoms with van der Waals surface area (Å²) >= 11 is 0. The maximum Gasteiger partial charge on any atom is 0.407 e. The van der Waals surface area contributed by atoms with Crippen molar-refractivity contribution in [3.63, 3.8) is 0 Å². The fourth-order valence-corrected chi connectivity index (χ4v) is 4.14. The summed E-state index contributed by atoms with van der Waals surface area (Å²) in [7, 11) is 0. The predicted molar refractivity (Wildman–Crippen MR) is 123 cm³/mol. The molecule has 0 unspecified atom stereocenters. The molecule has 1 amide bonds. The topological polar surface area (TPSA) is 118 Å². The van der Waals surface area contributed by atoms with Crippen LogP contribution in [0.5, 0.6) is 0 Å². The molecular weight excluding hydrogens is 434 g/mol. The molecule has 0 saturated carbocycles. The van der Waals surface area contributed by atoms with Gasteiger partial charge >= 0.3 is 6.09 Å². The van der Waals surface area contributed by atoms with Gasteiger partial charge in [0.05, 0.1) is 36.6 Å². The van der Waals surface area contributed by atoms with Crippen LogP contribution in [0.25, 0.3) is 11.3 Å². The van der Waals surface area contributed by atoms with Crippen LogP contribution in [0, 0.1) is 11.3 Å². The van der Waals surface area contributed by atoms with Crippen molar-refractivity contribution in [3.8, 4) is 17.3 Å². The van der Waals surface area contributed by atoms with Gasteiger partial charge in [0.15, 0.2) is 6.10 Å². The first-order chi connectivity index (χ1) is 16.7. The summed E-state index contributed by atoms with van der Waals surface area (Å²) in [4.78, 5) is 21.1. The van der Waals surface area contributed by atoms with Crippen LogP contribution in [-0.4, -0.2) is 53.6 Å². The molecule has 2 aromatic carbocycles. The molecule has 4 atom stereocenters. The van der Waals surface area contributed by atoms with Crippen LogP contribution in [0.15, 0.2) is 66.9 Å². The quantitative estimate of drug-likeness (QED) is 0.580. The normalized spacial score (nSPS) is 23.0. The molecule has 34 heavy (non-hydrogen) atoms. The molecule has 2 aliphatic rings. The molecule has 0 aliphatic carbocycles. The lowest BCUT2D eigenvalue weighted by atomic mass is 10.1. The van der Waals surface area contributed by atoms with Crippen LogP contribution < -0.4 is 10.6 Å². The standard InChI is InChI=1S/C25H23N5O4/c26-12-17-7-4-8-18(11-17)19-9-10-27-24(29-19)30-20-14-32-23-21(15-33-22(20)23)34-25(31)28-13-16-5-2-1-3-6-16/h1-11,20-23H,13-15H2,(H,28,31)(H,27,29,30)/t20-,21-,22-,23+/m0/s1. The van der Waals surface area contributed by atoms with E-state index in [2.05, 4.69) is 26.7 Å². The molecular formula is C25H23N5O4. The Morgan fingerprint density at radius 1 is 1.09 bits per heavy atom. The molecule has 172 valence electrons. The molecule has 5 rings (SSSR count). The van der Waals surface area contributed by atoms with Gasteiger partial charge in [-0.25, -0.2) is 14.8 Å². The highest BCUT2D eigenvalue weighted by Crippen LogP contribution is 2.30. The average Bonchev–Trinajstić information content (AvgIpc) is 3.47. The molecule has 1 aromatic heterocycles. The van der Waals surface area contributed by atoms with Crippen molar-refractivity contribution in [1.82, 2.24) is 15.3 Å². The lowest BCUT2D eigenvalue weighted by molar-refractivity contribution is 0.00431. The molecule has 0 radical (unpaired) electrons. The smallest absolute Gasteiger partial charge is 0.407 e. The number of nitrogens with zero attached hydrogens (tertiary/aromatic N) is 3. The van der Waals surface area contributed by atoms with Gasteiger partial charge in [-0.15, -0.1) is 0 Å². The molecule has 0 spiro atoms. The number of amides is 1. The Bertz CT molecular complexity index is 1200. The number of hydrogen-bond donors (Lipinski definition) is 2. The Balaban J connectivity index is 1.18. The van der Waals surface area contributed by atoms with Gasteiger partial charge in [-0.1, -0.05) is 42.5 Å². The van der Waals surface area contributed by atoms with Crippen LogP contribution in [0.1, 0.15) is 11.1 Å². The monoisotopic (exact) mass is 457 g/mol. The maximum absolute atomic E-state index is 12.3. The van der Waals surface area contributed by atoms with Gasteiger partial charge < -0.3 is 24.8 Å². The summed E-state index contributed by atoms with van der Waals surface area (Å²) in [6.07, 6.45) is 0.00837. The first-order valence-corrected chi connectivity index (χ1v) is 11.0. The number of nitriles is 1. The average molecular weight is 457 g/mol. The molecule has 3 heterocycles. The van der Waals surface area contributed by atoms with Crippen molar-refractivity contribution in [1.29, 1.82) is 5.26 Å². The SMILES string of the molecule is N#Cc1cccc(-c2ccnc(N[C@H]3CO[C@H]4[C@H]3OC[C@@H]4OC(=O)NCc3ccccc3)n2)c1. The second-order valence-corrected chi connectivity index (χ2v) is 8.09. The number of nitrogens with one attached hydrogen (secondary N) is 2. The predicted octanol–water partition coefficient (Wildman–Crippen LogP) is 2.89. The number of ether oxygens (including phenoxy) is 3. The Morgan fingerprint density at radius 2 is 1.94 bits per heavy atom. The highest BCUT2D eigenvalue weighted by Gasteiger charge is 2.49. The van der Waals surface area contributed by atoms with E-state index in [-0.39, 0.29) is 24.9 Å². The lowest BCUT2D eigenvalue weighted by Gasteiger charge is -2.18. The number of carbonyl (C=O) groups excluding carboxylic acids is 1. The van der Waals surface area contributed by atoms with Gasteiger partial charge in [0.25, 0.3) is 0 Å². The largest absolute Gasteiger partial charge is 0.441 e. The van der Waals surface area contributed by atoms with Gasteiger partial charge in [0.1, 0.15) is 12.2 Å². The first-order valence-electron chi connectivity index (χ1n) is 11.0. The zero-order valence-electron chi connectivity index (χ0n) is 18.3. The van der Waals surface area contributed by atoms with Crippen molar-refractivity contribution in [3.05, 3.63) is 78.0 Å². The van der Waals surface area contributed by atoms with Crippen LogP contribution in [-0.2, 0) is 20.8 Å². The molecule has 0 bridgehead atoms. The van der Waals surface area contributed by atoms with Crippen molar-refractivity contribution >= 4 is 12.0 Å². The van der Waals surface area contributed by atoms with E-state index in [0.717, 1.165) is 11.1 Å². The minimum Gasteiger partial charge on any atom is -0.441 e. The third-order valence-corrected chi connectivity index (χ3v) is 5.80. The lowest BCUT2D eigenvalue weighted by Crippen LogP contribution is -2.39. The van der Waals surface area contributed by atoms with Gasteiger partial charge in [0, 0.05) is 18.3 Å². The summed E-state index contributed by atoms with van der Waals surface area (Å²) in [6, 6.07) is 20.6. The number of hydrogen-bond acceptors (Lipinski definition) is 8. The summed E-state index contributed by atoms with van der Waals surface area (Å²) in [6.45, 7) is 1.02. The Kier molecular flexibility index (Phi) is 6.33. The third-order valence-electron chi connectivity index (χ3n) is 5.80. The number of benzene rings is 2. The Labute approximate surface area is 196 Å². The van der Waals surface area contributed by atoms with Crippen molar-refractivity contribution in [2.24, 2.45) is 0 Å². The highest BCUT2D eigenvalue weighted by molar-refractivity contribution is 5.67. The summed E-state index contributed by atoms with van der Waals surface area (Å²) in [5.74, 6) is 0.433. The van der Waals surface area contributed by atoms with E-state index in [0.29, 0.717) is 30.4 Å². The van der Waals surface area contributed by atoms with Crippen LogP contribution in [0.4, 0.5) is 10.7 Å². The second kappa shape index (κ2) is 9.87. The van der Waals surface area contributed by atoms with Crippen LogP contribution in [0.3, 0.4) is 0 Å². The molecule has 2 fully saturated rings. The molecule has 9 heteroatoms. The van der Waals surface area contributed by atoms with E-state index in [4.69, 9.17) is 19.5 Å². The van der Waals surface area contributed by atoms with Crippen molar-refractivity contribution in [2.75, 3.05) is 18.5 Å². The minimum atomic E-state index is -0.506. The second-order valence-electron chi connectivity index (χ2n) is 8.09. The molecule has 2 N–H and O–H groups in total. The van der Waals surface area contributed by atoms with E-state index < -0.39 is 12.2 Å². The fraction of sp³-hybridized carbons (Fsp3) is 0.280. The Hall–Kier alpha value is -4.00. The number of carbonyl (C=O) groups is 1. The molecule has 2 aliphatic heterocycles. The summed E-state index contributed by atoms with van der Waals surface area (Å²) in [5.41, 5.74) is 3.09. The minimum absolute atomic E-state index is 0.188. The zero-order valence-corrected chi connectivity index (χ0v) is 18.3. The molecule has 2 saturated heterocycles. The number of aromatic nitrogens is 2. The van der Waals surface area contributed by atoms with Crippen molar-refractivity contribution < 1.29 is 19.0 Å². The van der Waals surface area contributed by atoms with Crippen molar-refractivity contribution in [2.45, 2.75) is 30.9 Å². The summed E-state index contributed by atoms with van der Waals surface area (Å²) in [5, 5.41) is 15.2. The van der Waals surface area contributed by atoms with E-state index in [1.165, 1.54) is 0 Å². The fourth-order valence-electron chi connectivity index (χ4n) is 4.14. The highest BCUT2D eigenvalue weighted by atomic mass is 16.6. The molecule has 9 nitrogen and oxygen atoms in total. The van der Waals surface area contributed by atoms with E-state index >= 15 is 0 Å². The molecule has 3 aromatic rings. The van der Waals surface area contributed by atoms with E-state index in [1.54, 1.807) is 24.4 Å². The number of alkyl carbamates (subject to hydrolysis) is 1. The van der Waals surface area contributed by atoms with Gasteiger partial charge in [-0.2, -0.15) is 5.26 Å². The number of anilines is 1. The third kappa shape index (κ3) is 4.83. The van der Waals surface area contributed by atoms with E-state index in [9.17, 15) is 4.79 Å². The van der Waals surface area contributed by atoms with Crippen LogP contribution >= 0.6 is 0 Å². The Morgan fingerprint density at radius 3 is 2.79 bits per heavy atom. The van der Waals surface area contributed by atoms with E-state index in [1.807, 2.05) is 42.5 Å². The van der Waals surface area contributed by atoms with Gasteiger partial charge in [-0.05, 0) is 23.8 Å². The zero-order chi connectivity index (χ0) is 23.3. The number of rotatable bonds is 6.